The number of sulfonamides is 1. The molecule has 0 aromatic carbocycles. The molecule has 0 bridgehead atoms. The number of rotatable bonds is 4. The lowest BCUT2D eigenvalue weighted by molar-refractivity contribution is -0.930. The van der Waals surface area contributed by atoms with Crippen molar-refractivity contribution < 1.29 is 13.3 Å². The summed E-state index contributed by atoms with van der Waals surface area (Å²) < 4.78 is 25.8. The summed E-state index contributed by atoms with van der Waals surface area (Å²) in [6, 6.07) is 0.778. The second kappa shape index (κ2) is 6.55. The fraction of sp³-hybridized carbons (Fsp3) is 1.00. The van der Waals surface area contributed by atoms with Gasteiger partial charge in [-0.2, -0.15) is 4.31 Å². The lowest BCUT2D eigenvalue weighted by atomic mass is 9.86. The molecule has 0 aromatic heterocycles. The van der Waals surface area contributed by atoms with E-state index in [4.69, 9.17) is 0 Å². The van der Waals surface area contributed by atoms with E-state index in [-0.39, 0.29) is 0 Å². The van der Waals surface area contributed by atoms with Crippen molar-refractivity contribution in [3.8, 4) is 0 Å². The standard InChI is InChI=1S/C14H28N2O2S/c1-3-11-19(17,18)16-9-7-15(8-10-16)14-6-4-5-13(2)12-14/h13-14H,3-12H2,1-2H3/p+1. The van der Waals surface area contributed by atoms with Crippen molar-refractivity contribution >= 4 is 10.0 Å². The zero-order valence-corrected chi connectivity index (χ0v) is 13.2. The Bertz CT molecular complexity index is 375. The minimum atomic E-state index is -2.98. The van der Waals surface area contributed by atoms with Crippen LogP contribution in [0.2, 0.25) is 0 Å². The number of hydrogen-bond donors (Lipinski definition) is 1. The summed E-state index contributed by atoms with van der Waals surface area (Å²) in [7, 11) is -2.98. The van der Waals surface area contributed by atoms with Gasteiger partial charge in [-0.25, -0.2) is 8.42 Å². The van der Waals surface area contributed by atoms with E-state index in [0.29, 0.717) is 5.75 Å². The molecule has 1 saturated carbocycles. The Morgan fingerprint density at radius 2 is 1.89 bits per heavy atom. The van der Waals surface area contributed by atoms with Crippen molar-refractivity contribution in [3.63, 3.8) is 0 Å². The molecule has 1 N–H and O–H groups in total. The van der Waals surface area contributed by atoms with Crippen LogP contribution in [0.3, 0.4) is 0 Å². The number of hydrogen-bond acceptors (Lipinski definition) is 2. The van der Waals surface area contributed by atoms with Crippen LogP contribution in [-0.4, -0.2) is 50.7 Å². The molecule has 1 aliphatic carbocycles. The summed E-state index contributed by atoms with van der Waals surface area (Å²) in [5.74, 6) is 1.16. The van der Waals surface area contributed by atoms with Gasteiger partial charge in [0.05, 0.1) is 38.0 Å². The van der Waals surface area contributed by atoms with Gasteiger partial charge in [-0.1, -0.05) is 20.3 Å². The number of piperazine rings is 1. The molecule has 0 aromatic rings. The van der Waals surface area contributed by atoms with Crippen molar-refractivity contribution in [1.29, 1.82) is 0 Å². The van der Waals surface area contributed by atoms with Gasteiger partial charge < -0.3 is 4.90 Å². The maximum Gasteiger partial charge on any atom is 0.214 e. The van der Waals surface area contributed by atoms with Gasteiger partial charge in [0.15, 0.2) is 0 Å². The van der Waals surface area contributed by atoms with Crippen LogP contribution in [0.1, 0.15) is 46.0 Å². The van der Waals surface area contributed by atoms with Crippen LogP contribution in [-0.2, 0) is 10.0 Å². The zero-order valence-electron chi connectivity index (χ0n) is 12.4. The molecule has 4 nitrogen and oxygen atoms in total. The first-order valence-electron chi connectivity index (χ1n) is 7.85. The van der Waals surface area contributed by atoms with Crippen LogP contribution in [0.25, 0.3) is 0 Å². The maximum atomic E-state index is 12.0. The quantitative estimate of drug-likeness (QED) is 0.819. The maximum absolute atomic E-state index is 12.0. The van der Waals surface area contributed by atoms with Crippen LogP contribution in [0.5, 0.6) is 0 Å². The molecule has 2 unspecified atom stereocenters. The molecule has 2 aliphatic rings. The summed E-state index contributed by atoms with van der Waals surface area (Å²) in [5.41, 5.74) is 0. The molecule has 2 fully saturated rings. The first kappa shape index (κ1) is 15.3. The summed E-state index contributed by atoms with van der Waals surface area (Å²) in [6.07, 6.45) is 6.11. The van der Waals surface area contributed by atoms with Gasteiger partial charge >= 0.3 is 0 Å². The molecule has 0 spiro atoms. The highest BCUT2D eigenvalue weighted by Crippen LogP contribution is 2.22. The van der Waals surface area contributed by atoms with Gasteiger partial charge in [-0.15, -0.1) is 0 Å². The summed E-state index contributed by atoms with van der Waals surface area (Å²) >= 11 is 0. The molecule has 2 atom stereocenters. The molecule has 2 rings (SSSR count). The lowest BCUT2D eigenvalue weighted by Crippen LogP contribution is -3.18. The smallest absolute Gasteiger partial charge is 0.214 e. The van der Waals surface area contributed by atoms with Gasteiger partial charge in [0.25, 0.3) is 0 Å². The summed E-state index contributed by atoms with van der Waals surface area (Å²) in [5, 5.41) is 0. The van der Waals surface area contributed by atoms with E-state index < -0.39 is 10.0 Å². The average molecular weight is 289 g/mol. The van der Waals surface area contributed by atoms with E-state index in [2.05, 4.69) is 6.92 Å². The monoisotopic (exact) mass is 289 g/mol. The average Bonchev–Trinajstić information content (AvgIpc) is 2.39. The number of nitrogens with one attached hydrogen (secondary N) is 1. The molecule has 5 heteroatoms. The highest BCUT2D eigenvalue weighted by atomic mass is 32.2. The highest BCUT2D eigenvalue weighted by Gasteiger charge is 2.33. The van der Waals surface area contributed by atoms with Crippen LogP contribution in [0, 0.1) is 5.92 Å². The van der Waals surface area contributed by atoms with E-state index >= 15 is 0 Å². The van der Waals surface area contributed by atoms with Gasteiger partial charge in [0.1, 0.15) is 0 Å². The van der Waals surface area contributed by atoms with Crippen molar-refractivity contribution in [2.24, 2.45) is 5.92 Å². The third kappa shape index (κ3) is 3.92. The molecule has 1 saturated heterocycles. The van der Waals surface area contributed by atoms with Crippen LogP contribution in [0.15, 0.2) is 0 Å². The first-order chi connectivity index (χ1) is 9.03. The van der Waals surface area contributed by atoms with Crippen LogP contribution in [0.4, 0.5) is 0 Å². The number of quaternary nitrogens is 1. The molecule has 1 heterocycles. The Morgan fingerprint density at radius 3 is 2.47 bits per heavy atom. The predicted octanol–water partition coefficient (Wildman–Crippen LogP) is 0.505. The largest absolute Gasteiger partial charge is 0.330 e. The van der Waals surface area contributed by atoms with E-state index in [1.54, 1.807) is 9.21 Å². The van der Waals surface area contributed by atoms with Gasteiger partial charge in [0.2, 0.25) is 10.0 Å². The van der Waals surface area contributed by atoms with Crippen molar-refractivity contribution in [2.75, 3.05) is 31.9 Å². The first-order valence-corrected chi connectivity index (χ1v) is 9.46. The third-order valence-corrected chi connectivity index (χ3v) is 6.81. The lowest BCUT2D eigenvalue weighted by Gasteiger charge is -2.38. The molecule has 19 heavy (non-hydrogen) atoms. The second-order valence-electron chi connectivity index (χ2n) is 6.34. The van der Waals surface area contributed by atoms with Crippen LogP contribution >= 0.6 is 0 Å². The van der Waals surface area contributed by atoms with Gasteiger partial charge in [-0.3, -0.25) is 0 Å². The van der Waals surface area contributed by atoms with E-state index in [0.717, 1.165) is 44.6 Å². The molecule has 1 aliphatic heterocycles. The molecule has 0 amide bonds. The van der Waals surface area contributed by atoms with Gasteiger partial charge in [0, 0.05) is 6.42 Å². The Kier molecular flexibility index (Phi) is 5.26. The Morgan fingerprint density at radius 1 is 1.21 bits per heavy atom. The SMILES string of the molecule is CCCS(=O)(=O)N1CC[NH+](C2CCCC(C)C2)CC1. The number of nitrogens with zero attached hydrogens (tertiary/aromatic N) is 1. The van der Waals surface area contributed by atoms with E-state index in [1.165, 1.54) is 25.7 Å². The van der Waals surface area contributed by atoms with E-state index in [1.807, 2.05) is 6.92 Å². The zero-order chi connectivity index (χ0) is 13.9. The topological polar surface area (TPSA) is 41.8 Å². The Balaban J connectivity index is 1.85. The highest BCUT2D eigenvalue weighted by molar-refractivity contribution is 7.89. The minimum absolute atomic E-state index is 0.308. The third-order valence-electron chi connectivity index (χ3n) is 4.73. The van der Waals surface area contributed by atoms with Gasteiger partial charge in [-0.05, 0) is 25.2 Å². The molecule has 0 radical (unpaired) electrons. The molecular weight excluding hydrogens is 260 g/mol. The fourth-order valence-electron chi connectivity index (χ4n) is 3.65. The van der Waals surface area contributed by atoms with E-state index in [9.17, 15) is 8.42 Å². The Labute approximate surface area is 118 Å². The summed E-state index contributed by atoms with van der Waals surface area (Å²) in [4.78, 5) is 1.65. The van der Waals surface area contributed by atoms with Crippen molar-refractivity contribution in [3.05, 3.63) is 0 Å². The fourth-order valence-corrected chi connectivity index (χ4v) is 5.16. The minimum Gasteiger partial charge on any atom is -0.330 e. The normalized spacial score (nSPS) is 31.5. The molecule has 112 valence electrons. The van der Waals surface area contributed by atoms with Crippen molar-refractivity contribution in [1.82, 2.24) is 4.31 Å². The molecular formula is C14H29N2O2S+. The Hall–Kier alpha value is -0.130. The second-order valence-corrected chi connectivity index (χ2v) is 8.43. The summed E-state index contributed by atoms with van der Waals surface area (Å²) in [6.45, 7) is 7.74. The van der Waals surface area contributed by atoms with Crippen molar-refractivity contribution in [2.45, 2.75) is 52.0 Å². The predicted molar refractivity (Wildman–Crippen MR) is 77.8 cm³/mol. The van der Waals surface area contributed by atoms with Crippen LogP contribution < -0.4 is 4.90 Å².